The molecule has 1 saturated carbocycles. The summed E-state index contributed by atoms with van der Waals surface area (Å²) in [7, 11) is 0. The van der Waals surface area contributed by atoms with Gasteiger partial charge in [0, 0.05) is 52.0 Å². The molecule has 1 aromatic carbocycles. The van der Waals surface area contributed by atoms with Gasteiger partial charge in [0.2, 0.25) is 5.91 Å². The molecule has 1 fully saturated rings. The van der Waals surface area contributed by atoms with Crippen LogP contribution in [0.15, 0.2) is 73.3 Å². The number of carbonyl (C=O) groups excluding carboxylic acids is 1. The average Bonchev–Trinajstić information content (AvgIpc) is 3.55. The molecular weight excluding hydrogens is 469 g/mol. The lowest BCUT2D eigenvalue weighted by molar-refractivity contribution is -0.117. The van der Waals surface area contributed by atoms with Crippen molar-refractivity contribution in [1.29, 1.82) is 0 Å². The van der Waals surface area contributed by atoms with Crippen molar-refractivity contribution in [2.75, 3.05) is 5.32 Å². The molecule has 0 unspecified atom stereocenters. The Hall–Kier alpha value is -4.92. The first-order valence-electron chi connectivity index (χ1n) is 12.0. The summed E-state index contributed by atoms with van der Waals surface area (Å²) in [4.78, 5) is 28.8. The fraction of sp³-hybridized carbons (Fsp3) is 0.107. The maximum absolute atomic E-state index is 14.6. The summed E-state index contributed by atoms with van der Waals surface area (Å²) < 4.78 is 14.6. The second-order valence-corrected chi connectivity index (χ2v) is 9.20. The molecule has 9 heteroatoms. The molecule has 1 aliphatic carbocycles. The molecule has 8 nitrogen and oxygen atoms in total. The van der Waals surface area contributed by atoms with Crippen molar-refractivity contribution in [1.82, 2.24) is 30.1 Å². The normalized spacial score (nSPS) is 13.3. The average molecular weight is 490 g/mol. The van der Waals surface area contributed by atoms with Gasteiger partial charge in [-0.2, -0.15) is 5.10 Å². The Morgan fingerprint density at radius 2 is 1.78 bits per heavy atom. The monoisotopic (exact) mass is 489 g/mol. The molecule has 5 aromatic heterocycles. The van der Waals surface area contributed by atoms with E-state index in [2.05, 4.69) is 35.5 Å². The maximum atomic E-state index is 14.6. The molecule has 6 aromatic rings. The topological polar surface area (TPSA) is 112 Å². The van der Waals surface area contributed by atoms with Gasteiger partial charge in [0.15, 0.2) is 5.65 Å². The van der Waals surface area contributed by atoms with Crippen LogP contribution in [-0.2, 0) is 4.79 Å². The molecule has 5 heterocycles. The molecule has 0 spiro atoms. The maximum Gasteiger partial charge on any atom is 0.227 e. The van der Waals surface area contributed by atoms with Crippen molar-refractivity contribution in [2.24, 2.45) is 5.92 Å². The van der Waals surface area contributed by atoms with Crippen molar-refractivity contribution in [2.45, 2.75) is 12.8 Å². The zero-order chi connectivity index (χ0) is 24.9. The zero-order valence-corrected chi connectivity index (χ0v) is 19.5. The Bertz CT molecular complexity index is 1820. The third kappa shape index (κ3) is 3.81. The molecule has 3 N–H and O–H groups in total. The highest BCUT2D eigenvalue weighted by molar-refractivity contribution is 6.00. The van der Waals surface area contributed by atoms with E-state index in [1.165, 1.54) is 6.07 Å². The highest BCUT2D eigenvalue weighted by Crippen LogP contribution is 2.35. The number of anilines is 1. The number of carbonyl (C=O) groups is 1. The van der Waals surface area contributed by atoms with Crippen LogP contribution in [0.5, 0.6) is 0 Å². The molecular formula is C28H20FN7O. The second kappa shape index (κ2) is 8.34. The summed E-state index contributed by atoms with van der Waals surface area (Å²) in [6, 6.07) is 14.3. The predicted octanol–water partition coefficient (Wildman–Crippen LogP) is 5.72. The van der Waals surface area contributed by atoms with Crippen molar-refractivity contribution < 1.29 is 9.18 Å². The number of aromatic nitrogens is 6. The minimum Gasteiger partial charge on any atom is -0.338 e. The van der Waals surface area contributed by atoms with Crippen LogP contribution in [-0.4, -0.2) is 36.0 Å². The molecule has 37 heavy (non-hydrogen) atoms. The summed E-state index contributed by atoms with van der Waals surface area (Å²) in [6.07, 6.45) is 8.67. The van der Waals surface area contributed by atoms with Gasteiger partial charge in [-0.3, -0.25) is 14.9 Å². The quantitative estimate of drug-likeness (QED) is 0.287. The third-order valence-corrected chi connectivity index (χ3v) is 6.65. The van der Waals surface area contributed by atoms with E-state index in [0.29, 0.717) is 28.2 Å². The summed E-state index contributed by atoms with van der Waals surface area (Å²) in [5, 5.41) is 12.0. The second-order valence-electron chi connectivity index (χ2n) is 9.20. The van der Waals surface area contributed by atoms with Gasteiger partial charge in [0.25, 0.3) is 0 Å². The largest absolute Gasteiger partial charge is 0.338 e. The molecule has 0 saturated heterocycles. The number of aromatic amines is 2. The molecule has 0 radical (unpaired) electrons. The van der Waals surface area contributed by atoms with Crippen LogP contribution in [0.2, 0.25) is 0 Å². The van der Waals surface area contributed by atoms with Gasteiger partial charge in [0.1, 0.15) is 17.2 Å². The van der Waals surface area contributed by atoms with Crippen LogP contribution >= 0.6 is 0 Å². The Morgan fingerprint density at radius 3 is 2.65 bits per heavy atom. The Labute approximate surface area is 210 Å². The van der Waals surface area contributed by atoms with Crippen molar-refractivity contribution in [3.63, 3.8) is 0 Å². The number of hydrogen-bond acceptors (Lipinski definition) is 5. The number of amides is 1. The van der Waals surface area contributed by atoms with Gasteiger partial charge in [0.05, 0.1) is 17.6 Å². The van der Waals surface area contributed by atoms with E-state index < -0.39 is 0 Å². The van der Waals surface area contributed by atoms with E-state index >= 15 is 0 Å². The van der Waals surface area contributed by atoms with Crippen LogP contribution in [0.3, 0.4) is 0 Å². The minimum atomic E-state index is -0.291. The third-order valence-electron chi connectivity index (χ3n) is 6.65. The first-order valence-corrected chi connectivity index (χ1v) is 12.0. The van der Waals surface area contributed by atoms with E-state index in [4.69, 9.17) is 0 Å². The Kier molecular flexibility index (Phi) is 4.81. The van der Waals surface area contributed by atoms with Gasteiger partial charge < -0.3 is 10.3 Å². The number of fused-ring (bicyclic) bond motifs is 2. The summed E-state index contributed by atoms with van der Waals surface area (Å²) in [5.74, 6) is -0.146. The SMILES string of the molecule is O=C(Nc1cncc(-c2cnc3[nH]nc(-c4cc5c(-c6ccccc6F)ccnc5[nH]4)c3c2)c1)C1CC1. The first-order chi connectivity index (χ1) is 18.1. The van der Waals surface area contributed by atoms with Gasteiger partial charge in [-0.1, -0.05) is 18.2 Å². The summed E-state index contributed by atoms with van der Waals surface area (Å²) in [5.41, 5.74) is 6.27. The number of rotatable bonds is 5. The van der Waals surface area contributed by atoms with Gasteiger partial charge in [-0.25, -0.2) is 14.4 Å². The highest BCUT2D eigenvalue weighted by atomic mass is 19.1. The number of H-pyrrole nitrogens is 2. The number of hydrogen-bond donors (Lipinski definition) is 3. The van der Waals surface area contributed by atoms with E-state index in [-0.39, 0.29) is 17.6 Å². The number of nitrogens with one attached hydrogen (secondary N) is 3. The molecule has 1 amide bonds. The van der Waals surface area contributed by atoms with E-state index in [9.17, 15) is 9.18 Å². The fourth-order valence-electron chi connectivity index (χ4n) is 4.59. The van der Waals surface area contributed by atoms with Gasteiger partial charge >= 0.3 is 0 Å². The van der Waals surface area contributed by atoms with Crippen LogP contribution in [0, 0.1) is 11.7 Å². The number of pyridine rings is 3. The van der Waals surface area contributed by atoms with Crippen LogP contribution < -0.4 is 5.32 Å². The lowest BCUT2D eigenvalue weighted by Gasteiger charge is -2.07. The van der Waals surface area contributed by atoms with Gasteiger partial charge in [-0.05, 0) is 48.7 Å². The van der Waals surface area contributed by atoms with Crippen molar-refractivity contribution in [3.05, 3.63) is 79.1 Å². The molecule has 180 valence electrons. The number of nitrogens with zero attached hydrogens (tertiary/aromatic N) is 4. The first kappa shape index (κ1) is 21.4. The molecule has 0 bridgehead atoms. The molecule has 0 aliphatic heterocycles. The van der Waals surface area contributed by atoms with E-state index in [1.54, 1.807) is 36.9 Å². The standard InChI is InChI=1S/C28H20FN7O/c29-23-4-2-1-3-20(23)19-7-8-31-26-21(19)11-24(34-26)25-22-10-17(13-32-27(22)36-35-25)16-9-18(14-30-12-16)33-28(37)15-5-6-15/h1-4,7-15H,5-6H2,(H,31,34)(H,33,37)(H,32,35,36). The van der Waals surface area contributed by atoms with Crippen LogP contribution in [0.1, 0.15) is 12.8 Å². The van der Waals surface area contributed by atoms with Crippen LogP contribution in [0.25, 0.3) is 55.7 Å². The summed E-state index contributed by atoms with van der Waals surface area (Å²) in [6.45, 7) is 0. The Morgan fingerprint density at radius 1 is 0.919 bits per heavy atom. The number of halogens is 1. The van der Waals surface area contributed by atoms with E-state index in [1.807, 2.05) is 30.3 Å². The number of benzene rings is 1. The Balaban J connectivity index is 1.29. The molecule has 7 rings (SSSR count). The fourth-order valence-corrected chi connectivity index (χ4v) is 4.59. The lowest BCUT2D eigenvalue weighted by atomic mass is 10.0. The molecule has 0 atom stereocenters. The highest BCUT2D eigenvalue weighted by Gasteiger charge is 2.29. The van der Waals surface area contributed by atoms with Crippen LogP contribution in [0.4, 0.5) is 10.1 Å². The van der Waals surface area contributed by atoms with Crippen molar-refractivity contribution in [3.8, 4) is 33.6 Å². The minimum absolute atomic E-state index is 0.0341. The zero-order valence-electron chi connectivity index (χ0n) is 19.5. The summed E-state index contributed by atoms with van der Waals surface area (Å²) >= 11 is 0. The molecule has 1 aliphatic rings. The van der Waals surface area contributed by atoms with E-state index in [0.717, 1.165) is 46.0 Å². The smallest absolute Gasteiger partial charge is 0.227 e. The lowest BCUT2D eigenvalue weighted by Crippen LogP contribution is -2.13. The predicted molar refractivity (Wildman–Crippen MR) is 139 cm³/mol. The van der Waals surface area contributed by atoms with Gasteiger partial charge in [-0.15, -0.1) is 0 Å². The van der Waals surface area contributed by atoms with Crippen molar-refractivity contribution >= 4 is 33.7 Å².